The largest absolute Gasteiger partial charge is 0.311 e. The van der Waals surface area contributed by atoms with E-state index in [2.05, 4.69) is 182 Å². The SMILES string of the molecule is C=Cc1ccc(N(c2ccc(CCCC)cc2)c2ccc(-c3ccc(N(c4ccc(C=C)cc4)c4ccc(CCCC)cc4)cc3)cc2)cc1. The number of unbranched alkanes of at least 4 members (excludes halogenated alkanes) is 2. The van der Waals surface area contributed by atoms with Crippen molar-refractivity contribution in [3.8, 4) is 11.1 Å². The third-order valence-electron chi connectivity index (χ3n) is 9.39. The fourth-order valence-corrected chi connectivity index (χ4v) is 6.40. The Kier molecular flexibility index (Phi) is 11.4. The number of hydrogen-bond donors (Lipinski definition) is 0. The first kappa shape index (κ1) is 34.3. The fraction of sp³-hybridized carbons (Fsp3) is 0.167. The maximum absolute atomic E-state index is 3.94. The van der Waals surface area contributed by atoms with Crippen molar-refractivity contribution in [2.75, 3.05) is 9.80 Å². The van der Waals surface area contributed by atoms with Gasteiger partial charge in [0, 0.05) is 34.1 Å². The van der Waals surface area contributed by atoms with Gasteiger partial charge < -0.3 is 9.80 Å². The molecule has 0 bridgehead atoms. The molecule has 0 aliphatic carbocycles. The molecule has 0 saturated heterocycles. The number of benzene rings is 6. The van der Waals surface area contributed by atoms with Gasteiger partial charge in [-0.1, -0.05) is 125 Å². The molecule has 0 aliphatic heterocycles. The molecule has 250 valence electrons. The predicted octanol–water partition coefficient (Wildman–Crippen LogP) is 14.3. The van der Waals surface area contributed by atoms with Gasteiger partial charge in [-0.25, -0.2) is 0 Å². The van der Waals surface area contributed by atoms with Gasteiger partial charge in [0.2, 0.25) is 0 Å². The minimum Gasteiger partial charge on any atom is -0.311 e. The first-order chi connectivity index (χ1) is 24.6. The summed E-state index contributed by atoms with van der Waals surface area (Å²) in [4.78, 5) is 4.65. The second-order valence-corrected chi connectivity index (χ2v) is 12.9. The van der Waals surface area contributed by atoms with Crippen molar-refractivity contribution in [1.29, 1.82) is 0 Å². The molecule has 2 heteroatoms. The average molecular weight is 653 g/mol. The second kappa shape index (κ2) is 16.7. The lowest BCUT2D eigenvalue weighted by Crippen LogP contribution is -2.10. The Balaban J connectivity index is 1.29. The molecule has 0 aliphatic rings. The molecule has 0 N–H and O–H groups in total. The summed E-state index contributed by atoms with van der Waals surface area (Å²) in [6, 6.07) is 53.0. The minimum atomic E-state index is 1.11. The maximum atomic E-state index is 3.94. The highest BCUT2D eigenvalue weighted by atomic mass is 15.1. The van der Waals surface area contributed by atoms with Crippen LogP contribution in [-0.2, 0) is 12.8 Å². The first-order valence-corrected chi connectivity index (χ1v) is 18.0. The Morgan fingerprint density at radius 2 is 0.640 bits per heavy atom. The Bertz CT molecular complexity index is 1800. The summed E-state index contributed by atoms with van der Waals surface area (Å²) in [5, 5.41) is 0. The number of hydrogen-bond acceptors (Lipinski definition) is 2. The smallest absolute Gasteiger partial charge is 0.0462 e. The Hall–Kier alpha value is -5.60. The number of aryl methyl sites for hydroxylation is 2. The molecule has 6 aromatic rings. The quantitative estimate of drug-likeness (QED) is 0.109. The number of rotatable bonds is 15. The van der Waals surface area contributed by atoms with Gasteiger partial charge >= 0.3 is 0 Å². The molecule has 0 radical (unpaired) electrons. The lowest BCUT2D eigenvalue weighted by atomic mass is 10.0. The topological polar surface area (TPSA) is 6.48 Å². The second-order valence-electron chi connectivity index (χ2n) is 12.9. The summed E-state index contributed by atoms with van der Waals surface area (Å²) in [5.41, 5.74) is 14.1. The third-order valence-corrected chi connectivity index (χ3v) is 9.39. The zero-order chi connectivity index (χ0) is 34.7. The monoisotopic (exact) mass is 652 g/mol. The van der Waals surface area contributed by atoms with E-state index in [1.165, 1.54) is 47.9 Å². The lowest BCUT2D eigenvalue weighted by Gasteiger charge is -2.26. The van der Waals surface area contributed by atoms with Crippen LogP contribution in [0.15, 0.2) is 159 Å². The van der Waals surface area contributed by atoms with Gasteiger partial charge in [0.1, 0.15) is 0 Å². The predicted molar refractivity (Wildman–Crippen MR) is 219 cm³/mol. The van der Waals surface area contributed by atoms with E-state index in [1.807, 2.05) is 12.2 Å². The lowest BCUT2D eigenvalue weighted by molar-refractivity contribution is 0.795. The van der Waals surface area contributed by atoms with Crippen LogP contribution in [-0.4, -0.2) is 0 Å². The Labute approximate surface area is 299 Å². The molecule has 0 unspecified atom stereocenters. The van der Waals surface area contributed by atoms with Crippen LogP contribution >= 0.6 is 0 Å². The van der Waals surface area contributed by atoms with Crippen LogP contribution in [0.1, 0.15) is 61.8 Å². The van der Waals surface area contributed by atoms with Crippen LogP contribution in [0, 0.1) is 0 Å². The van der Waals surface area contributed by atoms with Crippen molar-refractivity contribution in [3.63, 3.8) is 0 Å². The van der Waals surface area contributed by atoms with E-state index in [0.717, 1.165) is 58.1 Å². The fourth-order valence-electron chi connectivity index (χ4n) is 6.40. The Morgan fingerprint density at radius 3 is 0.900 bits per heavy atom. The molecule has 2 nitrogen and oxygen atoms in total. The van der Waals surface area contributed by atoms with Crippen LogP contribution in [0.25, 0.3) is 23.3 Å². The minimum absolute atomic E-state index is 1.11. The van der Waals surface area contributed by atoms with Gasteiger partial charge in [0.15, 0.2) is 0 Å². The molecular formula is C48H48N2. The van der Waals surface area contributed by atoms with Crippen LogP contribution in [0.2, 0.25) is 0 Å². The van der Waals surface area contributed by atoms with Crippen molar-refractivity contribution >= 4 is 46.3 Å². The van der Waals surface area contributed by atoms with Crippen molar-refractivity contribution in [1.82, 2.24) is 0 Å². The highest BCUT2D eigenvalue weighted by Gasteiger charge is 2.15. The summed E-state index contributed by atoms with van der Waals surface area (Å²) in [6.07, 6.45) is 10.8. The molecule has 0 spiro atoms. The molecule has 0 amide bonds. The van der Waals surface area contributed by atoms with Crippen LogP contribution in [0.3, 0.4) is 0 Å². The zero-order valence-electron chi connectivity index (χ0n) is 29.6. The molecule has 6 rings (SSSR count). The van der Waals surface area contributed by atoms with E-state index in [0.29, 0.717) is 0 Å². The molecular weight excluding hydrogens is 605 g/mol. The van der Waals surface area contributed by atoms with Gasteiger partial charge in [0.25, 0.3) is 0 Å². The third kappa shape index (κ3) is 8.15. The summed E-state index contributed by atoms with van der Waals surface area (Å²) < 4.78 is 0. The molecule has 0 atom stereocenters. The number of anilines is 6. The van der Waals surface area contributed by atoms with E-state index in [4.69, 9.17) is 0 Å². The van der Waals surface area contributed by atoms with Gasteiger partial charge in [-0.15, -0.1) is 0 Å². The zero-order valence-corrected chi connectivity index (χ0v) is 29.6. The molecule has 6 aromatic carbocycles. The van der Waals surface area contributed by atoms with Crippen molar-refractivity contribution in [3.05, 3.63) is 181 Å². The van der Waals surface area contributed by atoms with Crippen molar-refractivity contribution < 1.29 is 0 Å². The van der Waals surface area contributed by atoms with Gasteiger partial charge in [0.05, 0.1) is 0 Å². The highest BCUT2D eigenvalue weighted by molar-refractivity contribution is 5.81. The summed E-state index contributed by atoms with van der Waals surface area (Å²) in [6.45, 7) is 12.4. The van der Waals surface area contributed by atoms with Crippen LogP contribution in [0.5, 0.6) is 0 Å². The molecule has 0 heterocycles. The van der Waals surface area contributed by atoms with Gasteiger partial charge in [-0.2, -0.15) is 0 Å². The summed E-state index contributed by atoms with van der Waals surface area (Å²) >= 11 is 0. The van der Waals surface area contributed by atoms with Crippen LogP contribution in [0.4, 0.5) is 34.1 Å². The van der Waals surface area contributed by atoms with Crippen molar-refractivity contribution in [2.24, 2.45) is 0 Å². The van der Waals surface area contributed by atoms with E-state index in [9.17, 15) is 0 Å². The van der Waals surface area contributed by atoms with Gasteiger partial charge in [-0.05, 0) is 132 Å². The highest BCUT2D eigenvalue weighted by Crippen LogP contribution is 2.38. The van der Waals surface area contributed by atoms with E-state index in [1.54, 1.807) is 0 Å². The molecule has 0 fully saturated rings. The number of nitrogens with zero attached hydrogens (tertiary/aromatic N) is 2. The standard InChI is InChI=1S/C48H48N2/c1-5-9-11-39-17-29-45(30-18-39)49(43-25-13-37(7-3)14-26-43)47-33-21-41(22-34-47)42-23-35-48(36-24-42)50(44-27-15-38(8-4)16-28-44)46-31-19-40(20-32-46)12-10-6-2/h7-8,13-36H,3-6,9-12H2,1-2H3. The summed E-state index contributed by atoms with van der Waals surface area (Å²) in [5.74, 6) is 0. The molecule has 0 aromatic heterocycles. The van der Waals surface area contributed by atoms with E-state index >= 15 is 0 Å². The van der Waals surface area contributed by atoms with E-state index < -0.39 is 0 Å². The van der Waals surface area contributed by atoms with Gasteiger partial charge in [-0.3, -0.25) is 0 Å². The Morgan fingerprint density at radius 1 is 0.380 bits per heavy atom. The average Bonchev–Trinajstić information content (AvgIpc) is 3.18. The van der Waals surface area contributed by atoms with E-state index in [-0.39, 0.29) is 0 Å². The van der Waals surface area contributed by atoms with Crippen LogP contribution < -0.4 is 9.80 Å². The maximum Gasteiger partial charge on any atom is 0.0462 e. The van der Waals surface area contributed by atoms with Crippen molar-refractivity contribution in [2.45, 2.75) is 52.4 Å². The summed E-state index contributed by atoms with van der Waals surface area (Å²) in [7, 11) is 0. The molecule has 50 heavy (non-hydrogen) atoms. The first-order valence-electron chi connectivity index (χ1n) is 18.0. The normalized spacial score (nSPS) is 10.8. The molecule has 0 saturated carbocycles.